The van der Waals surface area contributed by atoms with Gasteiger partial charge in [0.1, 0.15) is 22.5 Å². The molecule has 27 heavy (non-hydrogen) atoms. The van der Waals surface area contributed by atoms with E-state index in [1.54, 1.807) is 25.1 Å². The molecular formula is C17H21ClN4O4S. The van der Waals surface area contributed by atoms with Gasteiger partial charge in [0, 0.05) is 26.0 Å². The predicted octanol–water partition coefficient (Wildman–Crippen LogP) is 2.43. The highest BCUT2D eigenvalue weighted by Gasteiger charge is 2.23. The van der Waals surface area contributed by atoms with Crippen LogP contribution in [0.2, 0.25) is 5.02 Å². The molecule has 8 nitrogen and oxygen atoms in total. The van der Waals surface area contributed by atoms with Gasteiger partial charge in [-0.2, -0.15) is 0 Å². The number of anilines is 2. The largest absolute Gasteiger partial charge is 0.495 e. The first kappa shape index (κ1) is 20.9. The Morgan fingerprint density at radius 2 is 1.96 bits per heavy atom. The molecular weight excluding hydrogens is 392 g/mol. The summed E-state index contributed by atoms with van der Waals surface area (Å²) in [5.74, 6) is 0.248. The molecule has 1 atom stereocenters. The number of carbonyl (C=O) groups is 1. The van der Waals surface area contributed by atoms with Gasteiger partial charge in [-0.1, -0.05) is 11.6 Å². The summed E-state index contributed by atoms with van der Waals surface area (Å²) in [4.78, 5) is 16.3. The van der Waals surface area contributed by atoms with Crippen LogP contribution in [0.5, 0.6) is 5.75 Å². The zero-order valence-electron chi connectivity index (χ0n) is 15.4. The second-order valence-electron chi connectivity index (χ2n) is 5.87. The molecule has 0 aliphatic carbocycles. The van der Waals surface area contributed by atoms with Crippen molar-refractivity contribution in [1.29, 1.82) is 0 Å². The first-order valence-electron chi connectivity index (χ1n) is 7.94. The maximum atomic E-state index is 12.5. The monoisotopic (exact) mass is 412 g/mol. The van der Waals surface area contributed by atoms with Crippen molar-refractivity contribution in [3.63, 3.8) is 0 Å². The summed E-state index contributed by atoms with van der Waals surface area (Å²) in [6.07, 6.45) is 1.43. The molecule has 0 aliphatic heterocycles. The third-order valence-corrected chi connectivity index (χ3v) is 5.74. The molecule has 2 N–H and O–H groups in total. The third-order valence-electron chi connectivity index (χ3n) is 3.68. The van der Waals surface area contributed by atoms with E-state index in [0.29, 0.717) is 16.5 Å². The Balaban J connectivity index is 2.18. The molecule has 1 heterocycles. The number of aromatic nitrogens is 1. The Morgan fingerprint density at radius 3 is 2.52 bits per heavy atom. The summed E-state index contributed by atoms with van der Waals surface area (Å²) in [6.45, 7) is 1.65. The lowest BCUT2D eigenvalue weighted by molar-refractivity contribution is -0.116. The zero-order chi connectivity index (χ0) is 20.2. The van der Waals surface area contributed by atoms with Crippen LogP contribution >= 0.6 is 11.6 Å². The molecule has 0 bridgehead atoms. The molecule has 0 saturated heterocycles. The smallest absolute Gasteiger partial charge is 0.247 e. The van der Waals surface area contributed by atoms with Gasteiger partial charge in [0.2, 0.25) is 15.9 Å². The lowest BCUT2D eigenvalue weighted by Crippen LogP contribution is -2.32. The molecule has 0 saturated carbocycles. The first-order chi connectivity index (χ1) is 12.6. The molecule has 1 amide bonds. The normalized spacial score (nSPS) is 12.5. The van der Waals surface area contributed by atoms with E-state index in [-0.39, 0.29) is 16.6 Å². The molecule has 1 aromatic carbocycles. The van der Waals surface area contributed by atoms with E-state index in [2.05, 4.69) is 15.6 Å². The van der Waals surface area contributed by atoms with Crippen molar-refractivity contribution in [2.24, 2.45) is 0 Å². The highest BCUT2D eigenvalue weighted by molar-refractivity contribution is 7.89. The Hall–Kier alpha value is -2.36. The van der Waals surface area contributed by atoms with Crippen molar-refractivity contribution < 1.29 is 17.9 Å². The van der Waals surface area contributed by atoms with E-state index in [4.69, 9.17) is 16.3 Å². The van der Waals surface area contributed by atoms with Crippen LogP contribution in [0.1, 0.15) is 6.92 Å². The van der Waals surface area contributed by atoms with Crippen molar-refractivity contribution in [3.05, 3.63) is 41.6 Å². The molecule has 2 aromatic rings. The van der Waals surface area contributed by atoms with Gasteiger partial charge in [0.15, 0.2) is 0 Å². The van der Waals surface area contributed by atoms with Gasteiger partial charge in [0.25, 0.3) is 0 Å². The molecule has 0 unspecified atom stereocenters. The maximum absolute atomic E-state index is 12.5. The molecule has 0 spiro atoms. The van der Waals surface area contributed by atoms with Crippen LogP contribution in [0, 0.1) is 0 Å². The number of ether oxygens (including phenoxy) is 1. The number of methoxy groups -OCH3 is 1. The Bertz CT molecular complexity index is 917. The van der Waals surface area contributed by atoms with Gasteiger partial charge in [0.05, 0.1) is 12.1 Å². The van der Waals surface area contributed by atoms with E-state index < -0.39 is 16.1 Å². The van der Waals surface area contributed by atoms with Crippen molar-refractivity contribution in [3.8, 4) is 5.75 Å². The number of amides is 1. The number of halogens is 1. The van der Waals surface area contributed by atoms with E-state index in [1.807, 2.05) is 0 Å². The summed E-state index contributed by atoms with van der Waals surface area (Å²) in [5.41, 5.74) is 0.461. The summed E-state index contributed by atoms with van der Waals surface area (Å²) in [6, 6.07) is 7.15. The molecule has 0 fully saturated rings. The lowest BCUT2D eigenvalue weighted by Gasteiger charge is -2.18. The minimum Gasteiger partial charge on any atom is -0.495 e. The van der Waals surface area contributed by atoms with E-state index >= 15 is 0 Å². The van der Waals surface area contributed by atoms with E-state index in [1.165, 1.54) is 39.5 Å². The van der Waals surface area contributed by atoms with Gasteiger partial charge in [-0.25, -0.2) is 17.7 Å². The van der Waals surface area contributed by atoms with Crippen molar-refractivity contribution in [1.82, 2.24) is 9.29 Å². The molecule has 0 aliphatic rings. The lowest BCUT2D eigenvalue weighted by atomic mass is 10.2. The van der Waals surface area contributed by atoms with Crippen molar-refractivity contribution >= 4 is 39.0 Å². The number of pyridine rings is 1. The fourth-order valence-electron chi connectivity index (χ4n) is 2.16. The topological polar surface area (TPSA) is 101 Å². The highest BCUT2D eigenvalue weighted by Crippen LogP contribution is 2.29. The number of nitrogens with zero attached hydrogens (tertiary/aromatic N) is 2. The number of nitrogens with one attached hydrogen (secondary N) is 2. The molecule has 0 radical (unpaired) electrons. The van der Waals surface area contributed by atoms with Gasteiger partial charge in [-0.05, 0) is 37.3 Å². The van der Waals surface area contributed by atoms with E-state index in [0.717, 1.165) is 4.31 Å². The van der Waals surface area contributed by atoms with Crippen LogP contribution in [0.25, 0.3) is 0 Å². The van der Waals surface area contributed by atoms with Crippen LogP contribution in [0.4, 0.5) is 11.5 Å². The molecule has 10 heteroatoms. The highest BCUT2D eigenvalue weighted by atomic mass is 35.5. The minimum atomic E-state index is -3.71. The summed E-state index contributed by atoms with van der Waals surface area (Å²) < 4.78 is 31.2. The van der Waals surface area contributed by atoms with Crippen molar-refractivity contribution in [2.75, 3.05) is 31.8 Å². The second kappa shape index (κ2) is 8.55. The Morgan fingerprint density at radius 1 is 1.26 bits per heavy atom. The minimum absolute atomic E-state index is 0.00646. The van der Waals surface area contributed by atoms with Gasteiger partial charge >= 0.3 is 0 Å². The average molecular weight is 413 g/mol. The van der Waals surface area contributed by atoms with Crippen LogP contribution in [-0.2, 0) is 14.8 Å². The summed E-state index contributed by atoms with van der Waals surface area (Å²) >= 11 is 5.77. The van der Waals surface area contributed by atoms with Gasteiger partial charge in [-0.3, -0.25) is 4.79 Å². The van der Waals surface area contributed by atoms with Gasteiger partial charge < -0.3 is 15.4 Å². The average Bonchev–Trinajstić information content (AvgIpc) is 2.63. The van der Waals surface area contributed by atoms with Crippen LogP contribution in [0.15, 0.2) is 41.4 Å². The number of rotatable bonds is 7. The summed E-state index contributed by atoms with van der Waals surface area (Å²) in [5, 5.41) is 6.09. The molecule has 146 valence electrons. The first-order valence-corrected chi connectivity index (χ1v) is 9.76. The van der Waals surface area contributed by atoms with Crippen LogP contribution in [0.3, 0.4) is 0 Å². The fraction of sp³-hybridized carbons (Fsp3) is 0.294. The Labute approximate surface area is 163 Å². The quantitative estimate of drug-likeness (QED) is 0.724. The van der Waals surface area contributed by atoms with E-state index in [9.17, 15) is 13.2 Å². The summed E-state index contributed by atoms with van der Waals surface area (Å²) in [7, 11) is 0.559. The number of carbonyl (C=O) groups excluding carboxylic acids is 1. The molecule has 2 rings (SSSR count). The predicted molar refractivity (Wildman–Crippen MR) is 105 cm³/mol. The molecule has 1 aromatic heterocycles. The van der Waals surface area contributed by atoms with Crippen LogP contribution < -0.4 is 15.4 Å². The number of hydrogen-bond donors (Lipinski definition) is 2. The van der Waals surface area contributed by atoms with Gasteiger partial charge in [-0.15, -0.1) is 0 Å². The second-order valence-corrected chi connectivity index (χ2v) is 8.43. The number of benzene rings is 1. The Kier molecular flexibility index (Phi) is 6.63. The fourth-order valence-corrected chi connectivity index (χ4v) is 3.35. The zero-order valence-corrected chi connectivity index (χ0v) is 16.9. The SMILES string of the molecule is COc1ccc(N[C@H](C)C(=O)Nc2ccc(Cl)cn2)cc1S(=O)(=O)N(C)C. The maximum Gasteiger partial charge on any atom is 0.247 e. The standard InChI is InChI=1S/C17H21ClN4O4S/c1-11(17(23)21-16-8-5-12(18)10-19-16)20-13-6-7-14(26-4)15(9-13)27(24,25)22(2)3/h5-11,20H,1-4H3,(H,19,21,23)/t11-/m1/s1. The third kappa shape index (κ3) is 5.09. The van der Waals surface area contributed by atoms with Crippen molar-refractivity contribution in [2.45, 2.75) is 17.9 Å². The number of hydrogen-bond acceptors (Lipinski definition) is 6. The van der Waals surface area contributed by atoms with Crippen LogP contribution in [-0.4, -0.2) is 50.9 Å². The number of sulfonamides is 1.